The van der Waals surface area contributed by atoms with Gasteiger partial charge in [0.25, 0.3) is 0 Å². The normalized spacial score (nSPS) is 11.8. The van der Waals surface area contributed by atoms with E-state index in [-0.39, 0.29) is 17.7 Å². The Balaban J connectivity index is 1.43. The second-order valence-electron chi connectivity index (χ2n) is 11.4. The number of methoxy groups -OCH3 is 3. The molecule has 0 bridgehead atoms. The van der Waals surface area contributed by atoms with E-state index in [1.165, 1.54) is 31.0 Å². The van der Waals surface area contributed by atoms with Gasteiger partial charge in [-0.1, -0.05) is 31.7 Å². The second-order valence-corrected chi connectivity index (χ2v) is 12.4. The number of nitrogens with zero attached hydrogens (tertiary/aromatic N) is 2. The number of thioether (sulfide) groups is 1. The van der Waals surface area contributed by atoms with Gasteiger partial charge in [0.1, 0.15) is 17.6 Å². The Bertz CT molecular complexity index is 1660. The zero-order valence-corrected chi connectivity index (χ0v) is 28.7. The highest BCUT2D eigenvalue weighted by Gasteiger charge is 2.30. The van der Waals surface area contributed by atoms with E-state index < -0.39 is 11.5 Å². The lowest BCUT2D eigenvalue weighted by atomic mass is 9.81. The molecule has 0 spiro atoms. The van der Waals surface area contributed by atoms with Gasteiger partial charge in [-0.05, 0) is 79.1 Å². The number of ether oxygens (including phenoxy) is 4. The number of benzene rings is 3. The Hall–Kier alpha value is -4.91. The van der Waals surface area contributed by atoms with Gasteiger partial charge in [0.2, 0.25) is 0 Å². The summed E-state index contributed by atoms with van der Waals surface area (Å²) < 4.78 is 37.9. The van der Waals surface area contributed by atoms with Crippen LogP contribution in [0.1, 0.15) is 37.9 Å². The minimum Gasteiger partial charge on any atom is -0.493 e. The van der Waals surface area contributed by atoms with Crippen molar-refractivity contribution in [1.29, 1.82) is 5.41 Å². The number of carbonyl (C=O) groups is 1. The predicted octanol–water partition coefficient (Wildman–Crippen LogP) is 5.74. The lowest BCUT2D eigenvalue weighted by Gasteiger charge is -2.28. The summed E-state index contributed by atoms with van der Waals surface area (Å²) in [6, 6.07) is 19.0. The van der Waals surface area contributed by atoms with Crippen LogP contribution in [0.5, 0.6) is 17.2 Å². The third-order valence-corrected chi connectivity index (χ3v) is 8.73. The molecule has 0 amide bonds. The first kappa shape index (κ1) is 35.9. The van der Waals surface area contributed by atoms with Crippen molar-refractivity contribution in [2.24, 2.45) is 5.73 Å². The summed E-state index contributed by atoms with van der Waals surface area (Å²) in [6.07, 6.45) is 2.99. The van der Waals surface area contributed by atoms with Crippen molar-refractivity contribution in [3.8, 4) is 22.9 Å². The fourth-order valence-electron chi connectivity index (χ4n) is 5.15. The van der Waals surface area contributed by atoms with Crippen LogP contribution in [-0.4, -0.2) is 67.8 Å². The van der Waals surface area contributed by atoms with Crippen LogP contribution in [-0.2, 0) is 14.9 Å². The summed E-state index contributed by atoms with van der Waals surface area (Å²) in [6.45, 7) is 5.12. The van der Waals surface area contributed by atoms with Crippen LogP contribution in [0.15, 0.2) is 78.1 Å². The Morgan fingerprint density at radius 1 is 1.04 bits per heavy atom. The average molecular weight is 679 g/mol. The van der Waals surface area contributed by atoms with Crippen molar-refractivity contribution in [3.63, 3.8) is 0 Å². The topological polar surface area (TPSA) is 146 Å². The lowest BCUT2D eigenvalue weighted by molar-refractivity contribution is -0.141. The second kappa shape index (κ2) is 16.8. The third-order valence-electron chi connectivity index (χ3n) is 7.81. The molecule has 0 aliphatic rings. The standard InChI is InChI=1S/C35H43FN6O5S/c1-35(2,23-8-17-29(44-3)30(21-23)45-4)31-22-40-34(42(31)26-13-9-24(36)10-14-26)48-20-19-47-27-15-11-25(12-16-27)41-28(32(43)46-5)7-6-18-39-33(37)38/h8-17,21-22,28,41H,6-7,18-20H2,1-5H3,(H4,37,38,39). The molecule has 0 fully saturated rings. The highest BCUT2D eigenvalue weighted by Crippen LogP contribution is 2.39. The lowest BCUT2D eigenvalue weighted by Crippen LogP contribution is -2.34. The first-order valence-electron chi connectivity index (χ1n) is 15.4. The average Bonchev–Trinajstić information content (AvgIpc) is 3.53. The quantitative estimate of drug-likeness (QED) is 0.0359. The number of anilines is 1. The Kier molecular flexibility index (Phi) is 12.6. The van der Waals surface area contributed by atoms with Crippen molar-refractivity contribution in [2.75, 3.05) is 45.6 Å². The zero-order chi connectivity index (χ0) is 34.7. The van der Waals surface area contributed by atoms with Gasteiger partial charge in [-0.15, -0.1) is 0 Å². The van der Waals surface area contributed by atoms with Crippen molar-refractivity contribution < 1.29 is 28.1 Å². The van der Waals surface area contributed by atoms with Gasteiger partial charge in [-0.2, -0.15) is 0 Å². The summed E-state index contributed by atoms with van der Waals surface area (Å²) in [4.78, 5) is 17.1. The first-order chi connectivity index (χ1) is 23.1. The molecule has 0 saturated carbocycles. The molecule has 48 heavy (non-hydrogen) atoms. The molecule has 1 unspecified atom stereocenters. The van der Waals surface area contributed by atoms with Crippen LogP contribution in [0.3, 0.4) is 0 Å². The predicted molar refractivity (Wildman–Crippen MR) is 186 cm³/mol. The molecule has 0 radical (unpaired) electrons. The highest BCUT2D eigenvalue weighted by molar-refractivity contribution is 7.99. The maximum Gasteiger partial charge on any atom is 0.328 e. The van der Waals surface area contributed by atoms with E-state index in [1.807, 2.05) is 48.7 Å². The van der Waals surface area contributed by atoms with Crippen LogP contribution < -0.4 is 30.6 Å². The van der Waals surface area contributed by atoms with Crippen LogP contribution in [0.4, 0.5) is 10.1 Å². The van der Waals surface area contributed by atoms with Crippen molar-refractivity contribution in [1.82, 2.24) is 14.9 Å². The SMILES string of the molecule is COC(=O)C(CCCNC(=N)N)Nc1ccc(OCCSc2ncc(C(C)(C)c3ccc(OC)c(OC)c3)n2-c2ccc(F)cc2)cc1. The molecule has 1 atom stereocenters. The van der Waals surface area contributed by atoms with E-state index in [0.717, 1.165) is 27.8 Å². The molecule has 5 N–H and O–H groups in total. The number of rotatable bonds is 17. The molecular weight excluding hydrogens is 635 g/mol. The molecule has 11 nitrogen and oxygen atoms in total. The first-order valence-corrected chi connectivity index (χ1v) is 16.4. The number of halogens is 1. The smallest absolute Gasteiger partial charge is 0.328 e. The van der Waals surface area contributed by atoms with Crippen LogP contribution in [0, 0.1) is 11.2 Å². The largest absolute Gasteiger partial charge is 0.493 e. The number of nitrogens with one attached hydrogen (secondary N) is 3. The van der Waals surface area contributed by atoms with E-state index >= 15 is 0 Å². The Morgan fingerprint density at radius 3 is 2.40 bits per heavy atom. The van der Waals surface area contributed by atoms with E-state index in [4.69, 9.17) is 35.1 Å². The number of esters is 1. The number of aromatic nitrogens is 2. The molecule has 0 aliphatic carbocycles. The van der Waals surface area contributed by atoms with Crippen LogP contribution >= 0.6 is 11.8 Å². The van der Waals surface area contributed by atoms with E-state index in [0.29, 0.717) is 49.0 Å². The summed E-state index contributed by atoms with van der Waals surface area (Å²) in [5.74, 6) is 1.77. The maximum atomic E-state index is 13.9. The molecule has 4 aromatic rings. The Labute approximate surface area is 284 Å². The maximum absolute atomic E-state index is 13.9. The van der Waals surface area contributed by atoms with Crippen LogP contribution in [0.2, 0.25) is 0 Å². The van der Waals surface area contributed by atoms with Gasteiger partial charge in [-0.3, -0.25) is 9.98 Å². The molecule has 0 aliphatic heterocycles. The highest BCUT2D eigenvalue weighted by atomic mass is 32.2. The van der Waals surface area contributed by atoms with E-state index in [2.05, 4.69) is 29.0 Å². The van der Waals surface area contributed by atoms with Gasteiger partial charge >= 0.3 is 5.97 Å². The summed E-state index contributed by atoms with van der Waals surface area (Å²) in [7, 11) is 4.57. The molecule has 1 heterocycles. The number of guanidine groups is 1. The van der Waals surface area contributed by atoms with Gasteiger partial charge in [0.15, 0.2) is 22.6 Å². The van der Waals surface area contributed by atoms with Gasteiger partial charge in [-0.25, -0.2) is 14.2 Å². The van der Waals surface area contributed by atoms with Gasteiger partial charge < -0.3 is 35.3 Å². The number of nitrogens with two attached hydrogens (primary N) is 1. The van der Waals surface area contributed by atoms with E-state index in [9.17, 15) is 9.18 Å². The molecule has 13 heteroatoms. The minimum atomic E-state index is -0.543. The molecule has 4 rings (SSSR count). The number of hydrogen-bond acceptors (Lipinski definition) is 9. The summed E-state index contributed by atoms with van der Waals surface area (Å²) >= 11 is 1.54. The monoisotopic (exact) mass is 678 g/mol. The van der Waals surface area contributed by atoms with Crippen molar-refractivity contribution in [2.45, 2.75) is 43.3 Å². The minimum absolute atomic E-state index is 0.107. The summed E-state index contributed by atoms with van der Waals surface area (Å²) in [5, 5.41) is 13.9. The zero-order valence-electron chi connectivity index (χ0n) is 27.8. The number of imidazole rings is 1. The van der Waals surface area contributed by atoms with Gasteiger partial charge in [0.05, 0.1) is 39.8 Å². The molecular formula is C35H43FN6O5S. The fraction of sp³-hybridized carbons (Fsp3) is 0.343. The molecule has 3 aromatic carbocycles. The third kappa shape index (κ3) is 9.12. The number of hydrogen-bond donors (Lipinski definition) is 4. The van der Waals surface area contributed by atoms with Crippen LogP contribution in [0.25, 0.3) is 5.69 Å². The van der Waals surface area contributed by atoms with Gasteiger partial charge in [0, 0.05) is 29.1 Å². The molecule has 1 aromatic heterocycles. The number of carbonyl (C=O) groups excluding carboxylic acids is 1. The van der Waals surface area contributed by atoms with E-state index in [1.54, 1.807) is 26.4 Å². The molecule has 256 valence electrons. The van der Waals surface area contributed by atoms with Crippen molar-refractivity contribution in [3.05, 3.63) is 90.0 Å². The van der Waals surface area contributed by atoms with Crippen molar-refractivity contribution >= 4 is 29.4 Å². The Morgan fingerprint density at radius 2 is 1.75 bits per heavy atom. The molecule has 0 saturated heterocycles. The fourth-order valence-corrected chi connectivity index (χ4v) is 5.96. The summed E-state index contributed by atoms with van der Waals surface area (Å²) in [5.41, 5.74) is 8.30.